The molecule has 4 rings (SSSR count). The lowest BCUT2D eigenvalue weighted by atomic mass is 10.2. The first-order valence-electron chi connectivity index (χ1n) is 10.5. The van der Waals surface area contributed by atoms with Crippen LogP contribution in [0.15, 0.2) is 91.3 Å². The molecule has 3 aromatic carbocycles. The Labute approximate surface area is 198 Å². The van der Waals surface area contributed by atoms with E-state index in [4.69, 9.17) is 0 Å². The number of amides is 3. The van der Waals surface area contributed by atoms with Gasteiger partial charge in [0.15, 0.2) is 0 Å². The molecule has 0 radical (unpaired) electrons. The van der Waals surface area contributed by atoms with Crippen LogP contribution in [0.1, 0.15) is 21.5 Å². The number of nitrogens with one attached hydrogen (secondary N) is 3. The van der Waals surface area contributed by atoms with Crippen LogP contribution in [-0.4, -0.2) is 21.7 Å². The molecule has 10 heteroatoms. The molecule has 35 heavy (non-hydrogen) atoms. The number of nitrogens with zero attached hydrogens (tertiary/aromatic N) is 2. The molecule has 0 aliphatic rings. The van der Waals surface area contributed by atoms with Gasteiger partial charge in [0.05, 0.1) is 24.0 Å². The number of carbonyl (C=O) groups is 2. The second-order valence-electron chi connectivity index (χ2n) is 7.60. The number of alkyl halides is 3. The van der Waals surface area contributed by atoms with E-state index in [1.54, 1.807) is 35.3 Å². The van der Waals surface area contributed by atoms with Gasteiger partial charge in [-0.25, -0.2) is 4.79 Å². The molecular formula is C25H20F3N5O2. The number of aromatic nitrogens is 2. The SMILES string of the molecule is O=C(Nc1ccc(C(F)(F)F)cc1)Nc1cccc(C(=O)Nc2cnn(Cc3ccccc3)c2)c1. The van der Waals surface area contributed by atoms with Gasteiger partial charge in [-0.05, 0) is 48.0 Å². The number of halogens is 3. The van der Waals surface area contributed by atoms with Crippen molar-refractivity contribution in [3.05, 3.63) is 108 Å². The third kappa shape index (κ3) is 6.47. The van der Waals surface area contributed by atoms with Gasteiger partial charge in [0.2, 0.25) is 0 Å². The lowest BCUT2D eigenvalue weighted by Crippen LogP contribution is -2.20. The molecule has 0 aliphatic carbocycles. The van der Waals surface area contributed by atoms with Crippen molar-refractivity contribution in [3.8, 4) is 0 Å². The molecule has 0 spiro atoms. The predicted octanol–water partition coefficient (Wildman–Crippen LogP) is 5.85. The van der Waals surface area contributed by atoms with Crippen LogP contribution < -0.4 is 16.0 Å². The van der Waals surface area contributed by atoms with E-state index in [2.05, 4.69) is 21.0 Å². The smallest absolute Gasteiger partial charge is 0.319 e. The molecule has 0 unspecified atom stereocenters. The molecule has 4 aromatic rings. The summed E-state index contributed by atoms with van der Waals surface area (Å²) in [6.45, 7) is 0.560. The number of anilines is 3. The maximum atomic E-state index is 12.7. The van der Waals surface area contributed by atoms with Crippen molar-refractivity contribution in [2.24, 2.45) is 0 Å². The normalized spacial score (nSPS) is 11.1. The molecule has 178 valence electrons. The van der Waals surface area contributed by atoms with Gasteiger partial charge in [-0.15, -0.1) is 0 Å². The van der Waals surface area contributed by atoms with Crippen molar-refractivity contribution < 1.29 is 22.8 Å². The van der Waals surface area contributed by atoms with Gasteiger partial charge in [0.1, 0.15) is 0 Å². The maximum absolute atomic E-state index is 12.7. The first kappa shape index (κ1) is 23.6. The van der Waals surface area contributed by atoms with Crippen molar-refractivity contribution in [2.75, 3.05) is 16.0 Å². The summed E-state index contributed by atoms with van der Waals surface area (Å²) in [6.07, 6.45) is -1.20. The quantitative estimate of drug-likeness (QED) is 0.324. The fourth-order valence-corrected chi connectivity index (χ4v) is 3.26. The molecule has 3 N–H and O–H groups in total. The molecule has 3 amide bonds. The minimum atomic E-state index is -4.46. The molecule has 7 nitrogen and oxygen atoms in total. The maximum Gasteiger partial charge on any atom is 0.416 e. The van der Waals surface area contributed by atoms with E-state index >= 15 is 0 Å². The van der Waals surface area contributed by atoms with E-state index < -0.39 is 23.7 Å². The number of hydrogen-bond donors (Lipinski definition) is 3. The van der Waals surface area contributed by atoms with Crippen LogP contribution >= 0.6 is 0 Å². The van der Waals surface area contributed by atoms with Gasteiger partial charge in [-0.2, -0.15) is 18.3 Å². The Morgan fingerprint density at radius 3 is 2.23 bits per heavy atom. The summed E-state index contributed by atoms with van der Waals surface area (Å²) in [7, 11) is 0. The molecule has 0 atom stereocenters. The summed E-state index contributed by atoms with van der Waals surface area (Å²) in [5, 5.41) is 12.0. The van der Waals surface area contributed by atoms with Crippen LogP contribution in [0.3, 0.4) is 0 Å². The Balaban J connectivity index is 1.34. The number of carbonyl (C=O) groups excluding carboxylic acids is 2. The third-order valence-electron chi connectivity index (χ3n) is 4.93. The topological polar surface area (TPSA) is 88.1 Å². The zero-order valence-corrected chi connectivity index (χ0v) is 18.2. The van der Waals surface area contributed by atoms with Crippen molar-refractivity contribution in [1.82, 2.24) is 9.78 Å². The van der Waals surface area contributed by atoms with Crippen LogP contribution in [-0.2, 0) is 12.7 Å². The Morgan fingerprint density at radius 1 is 0.800 bits per heavy atom. The molecule has 0 saturated carbocycles. The molecule has 0 aliphatic heterocycles. The standard InChI is InChI=1S/C25H20F3N5O2/c26-25(27,28)19-9-11-20(12-10-19)31-24(35)32-21-8-4-7-18(13-21)23(34)30-22-14-29-33(16-22)15-17-5-2-1-3-6-17/h1-14,16H,15H2,(H,30,34)(H2,31,32,35). The first-order chi connectivity index (χ1) is 16.8. The van der Waals surface area contributed by atoms with Crippen LogP contribution in [0, 0.1) is 0 Å². The van der Waals surface area contributed by atoms with Crippen molar-refractivity contribution in [3.63, 3.8) is 0 Å². The van der Waals surface area contributed by atoms with Crippen molar-refractivity contribution >= 4 is 29.0 Å². The van der Waals surface area contributed by atoms with E-state index in [1.165, 1.54) is 6.07 Å². The molecular weight excluding hydrogens is 459 g/mol. The highest BCUT2D eigenvalue weighted by atomic mass is 19.4. The second-order valence-corrected chi connectivity index (χ2v) is 7.60. The first-order valence-corrected chi connectivity index (χ1v) is 10.5. The Morgan fingerprint density at radius 2 is 1.51 bits per heavy atom. The zero-order chi connectivity index (χ0) is 24.8. The summed E-state index contributed by atoms with van der Waals surface area (Å²) in [6, 6.07) is 19.4. The highest BCUT2D eigenvalue weighted by Gasteiger charge is 2.30. The van der Waals surface area contributed by atoms with Gasteiger partial charge >= 0.3 is 12.2 Å². The highest BCUT2D eigenvalue weighted by Crippen LogP contribution is 2.29. The van der Waals surface area contributed by atoms with Crippen LogP contribution in [0.25, 0.3) is 0 Å². The fourth-order valence-electron chi connectivity index (χ4n) is 3.26. The van der Waals surface area contributed by atoms with Gasteiger partial charge in [-0.1, -0.05) is 36.4 Å². The van der Waals surface area contributed by atoms with Gasteiger partial charge < -0.3 is 16.0 Å². The third-order valence-corrected chi connectivity index (χ3v) is 4.93. The summed E-state index contributed by atoms with van der Waals surface area (Å²) >= 11 is 0. The molecule has 0 saturated heterocycles. The van der Waals surface area contributed by atoms with Crippen molar-refractivity contribution in [1.29, 1.82) is 0 Å². The van der Waals surface area contributed by atoms with Crippen molar-refractivity contribution in [2.45, 2.75) is 12.7 Å². The predicted molar refractivity (Wildman–Crippen MR) is 126 cm³/mol. The van der Waals surface area contributed by atoms with E-state index in [9.17, 15) is 22.8 Å². The summed E-state index contributed by atoms with van der Waals surface area (Å²) in [5.41, 5.74) is 1.60. The number of rotatable bonds is 6. The second kappa shape index (κ2) is 10.1. The number of hydrogen-bond acceptors (Lipinski definition) is 3. The minimum Gasteiger partial charge on any atom is -0.319 e. The van der Waals surface area contributed by atoms with E-state index in [0.29, 0.717) is 23.5 Å². The number of benzene rings is 3. The Bertz CT molecular complexity index is 1320. The minimum absolute atomic E-state index is 0.192. The van der Waals surface area contributed by atoms with Crippen LogP contribution in [0.4, 0.5) is 35.0 Å². The van der Waals surface area contributed by atoms with Gasteiger partial charge in [-0.3, -0.25) is 9.48 Å². The highest BCUT2D eigenvalue weighted by molar-refractivity contribution is 6.06. The van der Waals surface area contributed by atoms with Crippen LogP contribution in [0.5, 0.6) is 0 Å². The number of urea groups is 1. The lowest BCUT2D eigenvalue weighted by Gasteiger charge is -2.10. The summed E-state index contributed by atoms with van der Waals surface area (Å²) < 4.78 is 39.7. The summed E-state index contributed by atoms with van der Waals surface area (Å²) in [4.78, 5) is 24.9. The van der Waals surface area contributed by atoms with E-state index in [-0.39, 0.29) is 5.69 Å². The lowest BCUT2D eigenvalue weighted by molar-refractivity contribution is -0.137. The summed E-state index contributed by atoms with van der Waals surface area (Å²) in [5.74, 6) is -0.393. The zero-order valence-electron chi connectivity index (χ0n) is 18.2. The largest absolute Gasteiger partial charge is 0.416 e. The van der Waals surface area contributed by atoms with Crippen LogP contribution in [0.2, 0.25) is 0 Å². The fraction of sp³-hybridized carbons (Fsp3) is 0.0800. The molecule has 1 aromatic heterocycles. The molecule has 0 bridgehead atoms. The Kier molecular flexibility index (Phi) is 6.81. The average molecular weight is 479 g/mol. The monoisotopic (exact) mass is 479 g/mol. The molecule has 0 fully saturated rings. The van der Waals surface area contributed by atoms with E-state index in [0.717, 1.165) is 29.8 Å². The Hall–Kier alpha value is -4.60. The van der Waals surface area contributed by atoms with Gasteiger partial charge in [0, 0.05) is 23.1 Å². The van der Waals surface area contributed by atoms with Gasteiger partial charge in [0.25, 0.3) is 5.91 Å². The molecule has 1 heterocycles. The average Bonchev–Trinajstić information content (AvgIpc) is 3.26. The van der Waals surface area contributed by atoms with E-state index in [1.807, 2.05) is 30.3 Å².